The Morgan fingerprint density at radius 2 is 1.72 bits per heavy atom. The highest BCUT2D eigenvalue weighted by Gasteiger charge is 2.32. The van der Waals surface area contributed by atoms with Crippen molar-refractivity contribution < 1.29 is 26.7 Å². The van der Waals surface area contributed by atoms with Gasteiger partial charge in [-0.15, -0.1) is 0 Å². The van der Waals surface area contributed by atoms with Crippen LogP contribution in [0, 0.1) is 11.3 Å². The highest BCUT2D eigenvalue weighted by Crippen LogP contribution is 2.34. The van der Waals surface area contributed by atoms with Crippen molar-refractivity contribution in [1.82, 2.24) is 28.1 Å². The number of hydrogen-bond donors (Lipinski definition) is 1. The first-order valence-electron chi connectivity index (χ1n) is 15.5. The van der Waals surface area contributed by atoms with E-state index in [1.54, 1.807) is 9.25 Å². The first kappa shape index (κ1) is 33.0. The molecule has 0 spiro atoms. The van der Waals surface area contributed by atoms with E-state index in [0.29, 0.717) is 68.7 Å². The third-order valence-corrected chi connectivity index (χ3v) is 10.4. The van der Waals surface area contributed by atoms with E-state index in [1.807, 2.05) is 24.3 Å². The van der Waals surface area contributed by atoms with Crippen molar-refractivity contribution in [2.24, 2.45) is 0 Å². The number of nitriles is 1. The van der Waals surface area contributed by atoms with E-state index in [9.17, 15) is 36.8 Å². The second-order valence-corrected chi connectivity index (χ2v) is 14.3. The largest absolute Gasteiger partial charge is 0.416 e. The Kier molecular flexibility index (Phi) is 9.05. The number of nitrogens with zero attached hydrogens (tertiary/aromatic N) is 7. The molecule has 11 nitrogen and oxygen atoms in total. The van der Waals surface area contributed by atoms with Crippen LogP contribution in [-0.2, 0) is 42.3 Å². The normalized spacial score (nSPS) is 17.8. The fourth-order valence-corrected chi connectivity index (χ4v) is 7.69. The van der Waals surface area contributed by atoms with Gasteiger partial charge >= 0.3 is 11.9 Å². The van der Waals surface area contributed by atoms with E-state index >= 15 is 0 Å². The number of piperidine rings is 1. The van der Waals surface area contributed by atoms with Gasteiger partial charge in [-0.1, -0.05) is 24.3 Å². The lowest BCUT2D eigenvalue weighted by atomic mass is 10.0. The molecule has 47 heavy (non-hydrogen) atoms. The molecule has 1 atom stereocenters. The third-order valence-electron chi connectivity index (χ3n) is 9.15. The van der Waals surface area contributed by atoms with Crippen LogP contribution < -0.4 is 5.69 Å². The maximum absolute atomic E-state index is 13.2. The number of benzene rings is 2. The molecule has 4 aromatic rings. The number of hydrogen-bond acceptors (Lipinski definition) is 7. The van der Waals surface area contributed by atoms with Gasteiger partial charge in [-0.05, 0) is 49.9 Å². The molecule has 250 valence electrons. The molecular weight excluding hydrogens is 635 g/mol. The van der Waals surface area contributed by atoms with Gasteiger partial charge in [0.2, 0.25) is 10.0 Å². The van der Waals surface area contributed by atoms with Crippen LogP contribution in [0.15, 0.2) is 53.3 Å². The Labute approximate surface area is 270 Å². The molecule has 0 aliphatic carbocycles. The summed E-state index contributed by atoms with van der Waals surface area (Å²) in [6, 6.07) is 14.1. The molecule has 2 aromatic carbocycles. The Balaban J connectivity index is 1.19. The quantitative estimate of drug-likeness (QED) is 0.303. The number of sulfonamides is 1. The highest BCUT2D eigenvalue weighted by atomic mass is 32.2. The van der Waals surface area contributed by atoms with Crippen LogP contribution in [0.1, 0.15) is 42.1 Å². The van der Waals surface area contributed by atoms with Gasteiger partial charge in [-0.25, -0.2) is 13.2 Å². The van der Waals surface area contributed by atoms with Crippen molar-refractivity contribution in [3.63, 3.8) is 0 Å². The summed E-state index contributed by atoms with van der Waals surface area (Å²) in [6.45, 7) is 2.07. The smallest absolute Gasteiger partial charge is 0.390 e. The van der Waals surface area contributed by atoms with E-state index in [4.69, 9.17) is 5.10 Å². The monoisotopic (exact) mass is 671 g/mol. The van der Waals surface area contributed by atoms with Crippen LogP contribution in [0.3, 0.4) is 0 Å². The molecule has 15 heteroatoms. The summed E-state index contributed by atoms with van der Waals surface area (Å²) in [7, 11) is -3.54. The van der Waals surface area contributed by atoms with Crippen molar-refractivity contribution in [3.05, 3.63) is 75.8 Å². The SMILES string of the molecule is CS(=O)(=O)N1CCCc2c(c(-c3ccc(C(F)(F)F)cc3)nn2CC(O)CN2CCC(n3c(=O)n(CC#N)c4ccccc43)CC2)C1. The zero-order valence-electron chi connectivity index (χ0n) is 25.9. The lowest BCUT2D eigenvalue weighted by molar-refractivity contribution is -0.137. The van der Waals surface area contributed by atoms with Gasteiger partial charge in [0.1, 0.15) is 6.54 Å². The first-order valence-corrected chi connectivity index (χ1v) is 17.4. The molecule has 2 aliphatic heterocycles. The summed E-state index contributed by atoms with van der Waals surface area (Å²) in [4.78, 5) is 15.4. The second-order valence-electron chi connectivity index (χ2n) is 12.3. The van der Waals surface area contributed by atoms with Crippen molar-refractivity contribution >= 4 is 21.1 Å². The number of likely N-dealkylation sites (tertiary alicyclic amines) is 1. The Morgan fingerprint density at radius 3 is 2.36 bits per heavy atom. The molecule has 2 aromatic heterocycles. The predicted octanol–water partition coefficient (Wildman–Crippen LogP) is 3.61. The van der Waals surface area contributed by atoms with Crippen LogP contribution in [0.2, 0.25) is 0 Å². The Morgan fingerprint density at radius 1 is 1.04 bits per heavy atom. The maximum atomic E-state index is 13.2. The molecule has 0 bridgehead atoms. The predicted molar refractivity (Wildman–Crippen MR) is 169 cm³/mol. The minimum absolute atomic E-state index is 0.0264. The van der Waals surface area contributed by atoms with Crippen LogP contribution >= 0.6 is 0 Å². The van der Waals surface area contributed by atoms with Gasteiger partial charge in [0.15, 0.2) is 0 Å². The fraction of sp³-hybridized carbons (Fsp3) is 0.469. The van der Waals surface area contributed by atoms with Crippen molar-refractivity contribution in [2.75, 3.05) is 32.4 Å². The molecule has 1 N–H and O–H groups in total. The summed E-state index contributed by atoms with van der Waals surface area (Å²) in [5, 5.41) is 25.2. The molecule has 6 rings (SSSR count). The van der Waals surface area contributed by atoms with E-state index in [-0.39, 0.29) is 31.4 Å². The molecular formula is C32H36F3N7O4S. The van der Waals surface area contributed by atoms with Crippen molar-refractivity contribution in [2.45, 2.75) is 63.6 Å². The molecule has 0 saturated carbocycles. The number of aromatic nitrogens is 4. The van der Waals surface area contributed by atoms with Gasteiger partial charge in [0, 0.05) is 55.6 Å². The number of halogens is 3. The van der Waals surface area contributed by atoms with Crippen LogP contribution in [0.4, 0.5) is 13.2 Å². The second kappa shape index (κ2) is 12.9. The number of para-hydroxylation sites is 2. The molecule has 0 radical (unpaired) electrons. The number of fused-ring (bicyclic) bond motifs is 2. The first-order chi connectivity index (χ1) is 22.3. The average molecular weight is 672 g/mol. The summed E-state index contributed by atoms with van der Waals surface area (Å²) >= 11 is 0. The van der Waals surface area contributed by atoms with Crippen LogP contribution in [0.25, 0.3) is 22.3 Å². The topological polar surface area (TPSA) is 129 Å². The zero-order chi connectivity index (χ0) is 33.5. The lowest BCUT2D eigenvalue weighted by Gasteiger charge is -2.33. The summed E-state index contributed by atoms with van der Waals surface area (Å²) < 4.78 is 71.0. The minimum atomic E-state index is -4.49. The van der Waals surface area contributed by atoms with Gasteiger partial charge in [-0.2, -0.15) is 27.8 Å². The van der Waals surface area contributed by atoms with Crippen LogP contribution in [0.5, 0.6) is 0 Å². The summed E-state index contributed by atoms with van der Waals surface area (Å²) in [5.41, 5.74) is 2.75. The van der Waals surface area contributed by atoms with E-state index in [2.05, 4.69) is 11.0 Å². The number of aliphatic hydroxyl groups is 1. The standard InChI is InChI=1S/C32H36F3N7O4S/c1-47(45,46)39-15-4-7-27-26(21-39)30(22-8-10-23(11-9-22)32(33,34)35)37-41(27)20-25(43)19-38-16-12-24(13-17-38)42-29-6-3-2-5-28(29)40(18-14-36)31(42)44/h2-3,5-6,8-11,24-25,43H,4,7,12-13,15-21H2,1H3. The van der Waals surface area contributed by atoms with E-state index in [1.165, 1.54) is 21.0 Å². The van der Waals surface area contributed by atoms with E-state index < -0.39 is 27.9 Å². The van der Waals surface area contributed by atoms with Crippen LogP contribution in [-0.4, -0.2) is 80.2 Å². The summed E-state index contributed by atoms with van der Waals surface area (Å²) in [5.74, 6) is 0. The lowest BCUT2D eigenvalue weighted by Crippen LogP contribution is -2.42. The molecule has 1 saturated heterocycles. The number of alkyl halides is 3. The number of rotatable bonds is 8. The fourth-order valence-electron chi connectivity index (χ4n) is 6.87. The number of β-amino-alcohol motifs (C(OH)–C–C–N with tert-alkyl or cyclic N) is 1. The third kappa shape index (κ3) is 6.73. The zero-order valence-corrected chi connectivity index (χ0v) is 26.7. The van der Waals surface area contributed by atoms with Crippen molar-refractivity contribution in [3.8, 4) is 17.3 Å². The molecule has 1 fully saturated rings. The van der Waals surface area contributed by atoms with Gasteiger partial charge < -0.3 is 10.0 Å². The van der Waals surface area contributed by atoms with Crippen molar-refractivity contribution in [1.29, 1.82) is 5.26 Å². The minimum Gasteiger partial charge on any atom is -0.390 e. The van der Waals surface area contributed by atoms with Gasteiger partial charge in [0.05, 0.1) is 47.3 Å². The maximum Gasteiger partial charge on any atom is 0.416 e. The average Bonchev–Trinajstić information content (AvgIpc) is 3.37. The number of imidazole rings is 1. The molecule has 1 unspecified atom stereocenters. The summed E-state index contributed by atoms with van der Waals surface area (Å²) in [6.07, 6.45) is -1.79. The van der Waals surface area contributed by atoms with E-state index in [0.717, 1.165) is 35.1 Å². The highest BCUT2D eigenvalue weighted by molar-refractivity contribution is 7.88. The van der Waals surface area contributed by atoms with Gasteiger partial charge in [0.25, 0.3) is 0 Å². The Bertz CT molecular complexity index is 1970. The van der Waals surface area contributed by atoms with Gasteiger partial charge in [-0.3, -0.25) is 13.8 Å². The molecule has 2 aliphatic rings. The number of aliphatic hydroxyl groups excluding tert-OH is 1. The molecule has 0 amide bonds. The molecule has 4 heterocycles. The Hall–Kier alpha value is -3.97.